The van der Waals surface area contributed by atoms with Crippen LogP contribution in [0.25, 0.3) is 0 Å². The highest BCUT2D eigenvalue weighted by Gasteiger charge is 1.95. The Hall–Kier alpha value is -1.66. The van der Waals surface area contributed by atoms with Crippen LogP contribution in [0.4, 0.5) is 0 Å². The fourth-order valence-electron chi connectivity index (χ4n) is 1.24. The summed E-state index contributed by atoms with van der Waals surface area (Å²) in [5.41, 5.74) is 3.57. The first-order chi connectivity index (χ1) is 8.36. The number of methoxy groups -OCH3 is 1. The fraction of sp³-hybridized carbons (Fsp3) is 0.455. The summed E-state index contributed by atoms with van der Waals surface area (Å²) >= 11 is 0. The summed E-state index contributed by atoms with van der Waals surface area (Å²) in [6, 6.07) is 3.85. The van der Waals surface area contributed by atoms with Gasteiger partial charge in [-0.15, -0.1) is 0 Å². The Labute approximate surface area is 101 Å². The van der Waals surface area contributed by atoms with Gasteiger partial charge in [0.05, 0.1) is 6.54 Å². The molecule has 0 aromatic carbocycles. The number of nitrogens with one attached hydrogen (secondary N) is 2. The van der Waals surface area contributed by atoms with E-state index in [1.54, 1.807) is 19.5 Å². The second kappa shape index (κ2) is 8.49. The first kappa shape index (κ1) is 13.4. The number of nitrogens with zero attached hydrogens (tertiary/aromatic N) is 2. The maximum atomic E-state index is 5.36. The van der Waals surface area contributed by atoms with Crippen molar-refractivity contribution in [3.63, 3.8) is 0 Å². The van der Waals surface area contributed by atoms with E-state index < -0.39 is 0 Å². The molecule has 0 saturated carbocycles. The van der Waals surface area contributed by atoms with Gasteiger partial charge < -0.3 is 10.1 Å². The monoisotopic (exact) mass is 237 g/mol. The third-order valence-corrected chi connectivity index (χ3v) is 2.10. The quantitative estimate of drug-likeness (QED) is 0.214. The van der Waals surface area contributed by atoms with Gasteiger partial charge in [0.15, 0.2) is 0 Å². The standard InChI is InChI=1S/C11H19N5O/c1-17-7-3-6-14-11(16-12)15-9-10-4-2-5-13-8-10/h2,4-5,8H,3,6-7,9,12H2,1H3,(H2,14,15,16). The summed E-state index contributed by atoms with van der Waals surface area (Å²) in [6.07, 6.45) is 4.42. The maximum absolute atomic E-state index is 5.36. The van der Waals surface area contributed by atoms with Crippen LogP contribution in [-0.2, 0) is 11.3 Å². The normalized spacial score (nSPS) is 11.3. The van der Waals surface area contributed by atoms with E-state index in [0.717, 1.165) is 18.5 Å². The SMILES string of the molecule is COCCCNC(=NCc1cccnc1)NN. The molecule has 0 aliphatic carbocycles. The molecule has 0 amide bonds. The summed E-state index contributed by atoms with van der Waals surface area (Å²) in [5.74, 6) is 5.94. The number of hydrazine groups is 1. The zero-order valence-corrected chi connectivity index (χ0v) is 10.0. The predicted octanol–water partition coefficient (Wildman–Crippen LogP) is 0.0270. The van der Waals surface area contributed by atoms with Crippen LogP contribution in [0.1, 0.15) is 12.0 Å². The van der Waals surface area contributed by atoms with Crippen molar-refractivity contribution in [2.45, 2.75) is 13.0 Å². The molecule has 0 aliphatic rings. The van der Waals surface area contributed by atoms with E-state index in [1.807, 2.05) is 12.1 Å². The molecule has 0 fully saturated rings. The molecule has 1 aromatic rings. The van der Waals surface area contributed by atoms with Gasteiger partial charge in [-0.05, 0) is 18.1 Å². The van der Waals surface area contributed by atoms with Gasteiger partial charge in [0.2, 0.25) is 5.96 Å². The Morgan fingerprint density at radius 1 is 1.59 bits per heavy atom. The number of ether oxygens (including phenoxy) is 1. The molecule has 1 aromatic heterocycles. The minimum Gasteiger partial charge on any atom is -0.385 e. The van der Waals surface area contributed by atoms with Crippen molar-refractivity contribution in [1.82, 2.24) is 15.7 Å². The molecule has 6 nitrogen and oxygen atoms in total. The van der Waals surface area contributed by atoms with E-state index >= 15 is 0 Å². The molecule has 1 heterocycles. The summed E-state index contributed by atoms with van der Waals surface area (Å²) < 4.78 is 4.95. The first-order valence-electron chi connectivity index (χ1n) is 5.49. The lowest BCUT2D eigenvalue weighted by molar-refractivity contribution is 0.195. The number of guanidine groups is 1. The van der Waals surface area contributed by atoms with E-state index in [0.29, 0.717) is 19.1 Å². The van der Waals surface area contributed by atoms with Gasteiger partial charge in [0.25, 0.3) is 0 Å². The van der Waals surface area contributed by atoms with Crippen molar-refractivity contribution < 1.29 is 4.74 Å². The molecular formula is C11H19N5O. The molecule has 0 bridgehead atoms. The maximum Gasteiger partial charge on any atom is 0.206 e. The molecule has 94 valence electrons. The van der Waals surface area contributed by atoms with E-state index in [1.165, 1.54) is 0 Å². The van der Waals surface area contributed by atoms with Gasteiger partial charge in [-0.2, -0.15) is 0 Å². The van der Waals surface area contributed by atoms with Crippen LogP contribution in [0.15, 0.2) is 29.5 Å². The Bertz CT molecular complexity index is 328. The molecule has 17 heavy (non-hydrogen) atoms. The summed E-state index contributed by atoms with van der Waals surface area (Å²) in [4.78, 5) is 8.32. The minimum absolute atomic E-state index is 0.546. The van der Waals surface area contributed by atoms with Gasteiger partial charge in [-0.3, -0.25) is 10.4 Å². The lowest BCUT2D eigenvalue weighted by atomic mass is 10.3. The average Bonchev–Trinajstić information content (AvgIpc) is 2.39. The molecule has 0 atom stereocenters. The smallest absolute Gasteiger partial charge is 0.206 e. The van der Waals surface area contributed by atoms with Crippen LogP contribution in [0.3, 0.4) is 0 Å². The van der Waals surface area contributed by atoms with Crippen LogP contribution < -0.4 is 16.6 Å². The highest BCUT2D eigenvalue weighted by atomic mass is 16.5. The van der Waals surface area contributed by atoms with Gasteiger partial charge in [0, 0.05) is 32.7 Å². The first-order valence-corrected chi connectivity index (χ1v) is 5.49. The molecule has 4 N–H and O–H groups in total. The van der Waals surface area contributed by atoms with Crippen LogP contribution in [0.2, 0.25) is 0 Å². The predicted molar refractivity (Wildman–Crippen MR) is 67.2 cm³/mol. The van der Waals surface area contributed by atoms with Gasteiger partial charge in [0.1, 0.15) is 0 Å². The van der Waals surface area contributed by atoms with Crippen molar-refractivity contribution in [3.05, 3.63) is 30.1 Å². The third kappa shape index (κ3) is 5.84. The number of aliphatic imine (C=N–C) groups is 1. The zero-order valence-electron chi connectivity index (χ0n) is 10.0. The lowest BCUT2D eigenvalue weighted by Crippen LogP contribution is -2.42. The molecule has 0 aliphatic heterocycles. The van der Waals surface area contributed by atoms with Crippen molar-refractivity contribution in [1.29, 1.82) is 0 Å². The van der Waals surface area contributed by atoms with Gasteiger partial charge >= 0.3 is 0 Å². The molecule has 0 radical (unpaired) electrons. The lowest BCUT2D eigenvalue weighted by Gasteiger charge is -2.08. The van der Waals surface area contributed by atoms with Crippen molar-refractivity contribution in [2.75, 3.05) is 20.3 Å². The summed E-state index contributed by atoms with van der Waals surface area (Å²) in [5, 5.41) is 3.09. The van der Waals surface area contributed by atoms with Crippen LogP contribution >= 0.6 is 0 Å². The van der Waals surface area contributed by atoms with Crippen LogP contribution in [0, 0.1) is 0 Å². The summed E-state index contributed by atoms with van der Waals surface area (Å²) in [6.45, 7) is 2.03. The van der Waals surface area contributed by atoms with Gasteiger partial charge in [-0.1, -0.05) is 6.07 Å². The van der Waals surface area contributed by atoms with E-state index in [4.69, 9.17) is 10.6 Å². The largest absolute Gasteiger partial charge is 0.385 e. The van der Waals surface area contributed by atoms with Crippen molar-refractivity contribution in [3.8, 4) is 0 Å². The minimum atomic E-state index is 0.546. The third-order valence-electron chi connectivity index (χ3n) is 2.10. The van der Waals surface area contributed by atoms with Crippen LogP contribution in [-0.4, -0.2) is 31.2 Å². The molecule has 0 unspecified atom stereocenters. The topological polar surface area (TPSA) is 84.6 Å². The van der Waals surface area contributed by atoms with E-state index in [9.17, 15) is 0 Å². The molecule has 0 saturated heterocycles. The fourth-order valence-corrected chi connectivity index (χ4v) is 1.24. The summed E-state index contributed by atoms with van der Waals surface area (Å²) in [7, 11) is 1.68. The van der Waals surface area contributed by atoms with Crippen molar-refractivity contribution >= 4 is 5.96 Å². The number of nitrogens with two attached hydrogens (primary N) is 1. The molecular weight excluding hydrogens is 218 g/mol. The van der Waals surface area contributed by atoms with Crippen molar-refractivity contribution in [2.24, 2.45) is 10.8 Å². The number of rotatable bonds is 6. The Morgan fingerprint density at radius 3 is 3.12 bits per heavy atom. The number of pyridine rings is 1. The molecule has 1 rings (SSSR count). The second-order valence-electron chi connectivity index (χ2n) is 3.44. The highest BCUT2D eigenvalue weighted by molar-refractivity contribution is 5.79. The number of hydrogen-bond donors (Lipinski definition) is 3. The molecule has 0 spiro atoms. The van der Waals surface area contributed by atoms with E-state index in [-0.39, 0.29) is 0 Å². The van der Waals surface area contributed by atoms with Gasteiger partial charge in [-0.25, -0.2) is 10.8 Å². The van der Waals surface area contributed by atoms with E-state index in [2.05, 4.69) is 20.7 Å². The second-order valence-corrected chi connectivity index (χ2v) is 3.44. The Morgan fingerprint density at radius 2 is 2.47 bits per heavy atom. The highest BCUT2D eigenvalue weighted by Crippen LogP contribution is 1.97. The Kier molecular flexibility index (Phi) is 6.69. The zero-order chi connectivity index (χ0) is 12.3. The number of aromatic nitrogens is 1. The number of hydrogen-bond acceptors (Lipinski definition) is 4. The molecule has 6 heteroatoms. The average molecular weight is 237 g/mol. The Balaban J connectivity index is 2.34. The van der Waals surface area contributed by atoms with Crippen LogP contribution in [0.5, 0.6) is 0 Å².